The maximum atomic E-state index is 12.3. The zero-order valence-electron chi connectivity index (χ0n) is 14.0. The maximum Gasteiger partial charge on any atom is 0.348 e. The molecule has 8 heteroatoms. The largest absolute Gasteiger partial charge is 0.453 e. The molecule has 0 aliphatic heterocycles. The number of halogens is 1. The summed E-state index contributed by atoms with van der Waals surface area (Å²) in [7, 11) is 1.85. The number of ether oxygens (including phenoxy) is 1. The summed E-state index contributed by atoms with van der Waals surface area (Å²) in [5.41, 5.74) is 2.43. The zero-order chi connectivity index (χ0) is 18.3. The van der Waals surface area contributed by atoms with E-state index in [4.69, 9.17) is 20.9 Å². The van der Waals surface area contributed by atoms with Crippen molar-refractivity contribution in [1.29, 1.82) is 0 Å². The minimum absolute atomic E-state index is 0.0188. The van der Waals surface area contributed by atoms with Gasteiger partial charge in [0.1, 0.15) is 15.4 Å². The summed E-state index contributed by atoms with van der Waals surface area (Å²) in [6, 6.07) is 10.8. The van der Waals surface area contributed by atoms with Crippen LogP contribution in [-0.2, 0) is 18.4 Å². The number of carbonyl (C=O) groups excluding carboxylic acids is 1. The van der Waals surface area contributed by atoms with E-state index in [9.17, 15) is 4.79 Å². The fourth-order valence-electron chi connectivity index (χ4n) is 2.65. The number of thiophene rings is 1. The number of benzene rings is 1. The molecular weight excluding hydrogens is 374 g/mol. The number of nitrogens with zero attached hydrogens (tertiary/aromatic N) is 3. The molecule has 0 N–H and O–H groups in total. The first-order valence-corrected chi connectivity index (χ1v) is 9.02. The van der Waals surface area contributed by atoms with Crippen molar-refractivity contribution >= 4 is 39.1 Å². The Bertz CT molecular complexity index is 1060. The molecule has 0 aliphatic carbocycles. The van der Waals surface area contributed by atoms with Crippen molar-refractivity contribution < 1.29 is 14.1 Å². The van der Waals surface area contributed by atoms with Crippen molar-refractivity contribution in [3.05, 3.63) is 57.8 Å². The van der Waals surface area contributed by atoms with E-state index in [0.717, 1.165) is 21.5 Å². The van der Waals surface area contributed by atoms with Gasteiger partial charge in [0, 0.05) is 29.1 Å². The first kappa shape index (κ1) is 16.8. The van der Waals surface area contributed by atoms with E-state index in [0.29, 0.717) is 21.4 Å². The molecule has 0 bridgehead atoms. The lowest BCUT2D eigenvalue weighted by molar-refractivity contribution is 0.0443. The average Bonchev–Trinajstić information content (AvgIpc) is 3.32. The predicted molar refractivity (Wildman–Crippen MR) is 99.4 cm³/mol. The van der Waals surface area contributed by atoms with E-state index >= 15 is 0 Å². The van der Waals surface area contributed by atoms with Crippen LogP contribution in [0.15, 0.2) is 40.9 Å². The van der Waals surface area contributed by atoms with E-state index in [-0.39, 0.29) is 6.61 Å². The minimum atomic E-state index is -0.393. The third-order valence-corrected chi connectivity index (χ3v) is 5.38. The van der Waals surface area contributed by atoms with Crippen LogP contribution < -0.4 is 0 Å². The highest BCUT2D eigenvalue weighted by molar-refractivity contribution is 7.20. The van der Waals surface area contributed by atoms with Gasteiger partial charge in [-0.3, -0.25) is 4.68 Å². The Labute approximate surface area is 157 Å². The van der Waals surface area contributed by atoms with Gasteiger partial charge in [-0.1, -0.05) is 28.9 Å². The Morgan fingerprint density at radius 1 is 1.31 bits per heavy atom. The Morgan fingerprint density at radius 2 is 2.08 bits per heavy atom. The molecule has 0 spiro atoms. The number of carbonyl (C=O) groups is 1. The molecule has 6 nitrogen and oxygen atoms in total. The average molecular weight is 388 g/mol. The summed E-state index contributed by atoms with van der Waals surface area (Å²) in [6.07, 6.45) is 0. The second-order valence-electron chi connectivity index (χ2n) is 5.80. The lowest BCUT2D eigenvalue weighted by Gasteiger charge is -1.99. The maximum absolute atomic E-state index is 12.3. The second-order valence-corrected chi connectivity index (χ2v) is 7.27. The molecule has 0 fully saturated rings. The highest BCUT2D eigenvalue weighted by Gasteiger charge is 2.17. The highest BCUT2D eigenvalue weighted by atomic mass is 35.5. The molecule has 26 heavy (non-hydrogen) atoms. The summed E-state index contributed by atoms with van der Waals surface area (Å²) >= 11 is 7.24. The molecule has 0 saturated heterocycles. The van der Waals surface area contributed by atoms with Gasteiger partial charge in [0.25, 0.3) is 0 Å². The van der Waals surface area contributed by atoms with Crippen molar-refractivity contribution in [2.45, 2.75) is 13.5 Å². The van der Waals surface area contributed by atoms with Crippen LogP contribution in [0.2, 0.25) is 5.02 Å². The van der Waals surface area contributed by atoms with Crippen LogP contribution in [0.4, 0.5) is 0 Å². The topological polar surface area (TPSA) is 70.2 Å². The Hall–Kier alpha value is -2.64. The van der Waals surface area contributed by atoms with Gasteiger partial charge in [0.2, 0.25) is 0 Å². The molecule has 0 atom stereocenters. The van der Waals surface area contributed by atoms with Crippen LogP contribution in [0.25, 0.3) is 21.5 Å². The Morgan fingerprint density at radius 3 is 2.81 bits per heavy atom. The van der Waals surface area contributed by atoms with Crippen LogP contribution in [-0.4, -0.2) is 20.9 Å². The summed E-state index contributed by atoms with van der Waals surface area (Å²) < 4.78 is 12.4. The molecule has 3 heterocycles. The molecule has 1 aromatic carbocycles. The normalized spacial score (nSPS) is 11.2. The highest BCUT2D eigenvalue weighted by Crippen LogP contribution is 2.28. The molecule has 0 saturated carbocycles. The van der Waals surface area contributed by atoms with Crippen LogP contribution in [0.5, 0.6) is 0 Å². The SMILES string of the molecule is Cc1nn(C)c2sc(C(=O)OCc3cc(-c4ccc(Cl)cc4)no3)cc12. The molecule has 4 aromatic rings. The van der Waals surface area contributed by atoms with Gasteiger partial charge >= 0.3 is 5.97 Å². The van der Waals surface area contributed by atoms with Gasteiger partial charge in [-0.15, -0.1) is 11.3 Å². The number of hydrogen-bond donors (Lipinski definition) is 0. The minimum Gasteiger partial charge on any atom is -0.453 e. The van der Waals surface area contributed by atoms with Crippen molar-refractivity contribution in [3.63, 3.8) is 0 Å². The van der Waals surface area contributed by atoms with Crippen molar-refractivity contribution in [2.24, 2.45) is 7.05 Å². The van der Waals surface area contributed by atoms with Crippen molar-refractivity contribution in [2.75, 3.05) is 0 Å². The molecule has 4 rings (SSSR count). The van der Waals surface area contributed by atoms with E-state index in [1.165, 1.54) is 11.3 Å². The quantitative estimate of drug-likeness (QED) is 0.478. The molecule has 0 amide bonds. The van der Waals surface area contributed by atoms with Gasteiger partial charge < -0.3 is 9.26 Å². The van der Waals surface area contributed by atoms with E-state index < -0.39 is 5.97 Å². The Kier molecular flexibility index (Phi) is 4.26. The third kappa shape index (κ3) is 3.11. The third-order valence-electron chi connectivity index (χ3n) is 3.94. The van der Waals surface area contributed by atoms with Crippen LogP contribution >= 0.6 is 22.9 Å². The number of hydrogen-bond acceptors (Lipinski definition) is 6. The van der Waals surface area contributed by atoms with Gasteiger partial charge in [-0.25, -0.2) is 4.79 Å². The van der Waals surface area contributed by atoms with Gasteiger partial charge in [-0.2, -0.15) is 5.10 Å². The van der Waals surface area contributed by atoms with E-state index in [2.05, 4.69) is 10.3 Å². The molecule has 0 unspecified atom stereocenters. The van der Waals surface area contributed by atoms with Gasteiger partial charge in [0.05, 0.1) is 5.69 Å². The smallest absolute Gasteiger partial charge is 0.348 e. The van der Waals surface area contributed by atoms with Gasteiger partial charge in [0.15, 0.2) is 12.4 Å². The lowest BCUT2D eigenvalue weighted by atomic mass is 10.1. The summed E-state index contributed by atoms with van der Waals surface area (Å²) in [6.45, 7) is 1.93. The molecule has 3 aromatic heterocycles. The fourth-order valence-corrected chi connectivity index (χ4v) is 3.79. The number of fused-ring (bicyclic) bond motifs is 1. The number of aryl methyl sites for hydroxylation is 2. The summed E-state index contributed by atoms with van der Waals surface area (Å²) in [4.78, 5) is 13.8. The first-order valence-electron chi connectivity index (χ1n) is 7.83. The predicted octanol–water partition coefficient (Wildman–Crippen LogP) is 4.61. The lowest BCUT2D eigenvalue weighted by Crippen LogP contribution is -2.02. The van der Waals surface area contributed by atoms with Crippen molar-refractivity contribution in [3.8, 4) is 11.3 Å². The number of aromatic nitrogens is 3. The van der Waals surface area contributed by atoms with Crippen LogP contribution in [0.1, 0.15) is 21.1 Å². The summed E-state index contributed by atoms with van der Waals surface area (Å²) in [5.74, 6) is 0.0808. The molecule has 0 radical (unpaired) electrons. The number of esters is 1. The van der Waals surface area contributed by atoms with Crippen LogP contribution in [0.3, 0.4) is 0 Å². The van der Waals surface area contributed by atoms with E-state index in [1.54, 1.807) is 22.9 Å². The molecular formula is C18H14ClN3O3S. The molecule has 0 aliphatic rings. The van der Waals surface area contributed by atoms with E-state index in [1.807, 2.05) is 32.2 Å². The zero-order valence-corrected chi connectivity index (χ0v) is 15.6. The van der Waals surface area contributed by atoms with Crippen LogP contribution in [0, 0.1) is 6.92 Å². The summed E-state index contributed by atoms with van der Waals surface area (Å²) in [5, 5.41) is 9.94. The van der Waals surface area contributed by atoms with Gasteiger partial charge in [-0.05, 0) is 25.1 Å². The Balaban J connectivity index is 1.45. The second kappa shape index (κ2) is 6.59. The number of rotatable bonds is 4. The van der Waals surface area contributed by atoms with Crippen molar-refractivity contribution in [1.82, 2.24) is 14.9 Å². The first-order chi connectivity index (χ1) is 12.5. The standard InChI is InChI=1S/C18H14ClN3O3S/c1-10-14-8-16(26-17(14)22(2)20-10)18(23)24-9-13-7-15(21-25-13)11-3-5-12(19)6-4-11/h3-8H,9H2,1-2H3. The fraction of sp³-hybridized carbons (Fsp3) is 0.167. The molecule has 132 valence electrons. The monoisotopic (exact) mass is 387 g/mol.